The summed E-state index contributed by atoms with van der Waals surface area (Å²) in [4.78, 5) is 11.2. The van der Waals surface area contributed by atoms with Crippen LogP contribution in [-0.4, -0.2) is 44.7 Å². The van der Waals surface area contributed by atoms with Gasteiger partial charge in [-0.15, -0.1) is 0 Å². The number of sulfone groups is 1. The SMILES string of the molecule is COC(=O)C1OC12CCCS(=O)(=O)CC2. The van der Waals surface area contributed by atoms with Gasteiger partial charge in [-0.3, -0.25) is 0 Å². The summed E-state index contributed by atoms with van der Waals surface area (Å²) in [7, 11) is -1.63. The van der Waals surface area contributed by atoms with Crippen molar-refractivity contribution < 1.29 is 22.7 Å². The van der Waals surface area contributed by atoms with E-state index in [1.165, 1.54) is 7.11 Å². The first-order valence-electron chi connectivity index (χ1n) is 4.95. The lowest BCUT2D eigenvalue weighted by molar-refractivity contribution is -0.142. The summed E-state index contributed by atoms with van der Waals surface area (Å²) < 4.78 is 32.6. The highest BCUT2D eigenvalue weighted by atomic mass is 32.2. The Balaban J connectivity index is 2.05. The zero-order valence-corrected chi connectivity index (χ0v) is 9.38. The van der Waals surface area contributed by atoms with Crippen LogP contribution in [0.4, 0.5) is 0 Å². The van der Waals surface area contributed by atoms with Gasteiger partial charge in [0.2, 0.25) is 0 Å². The fraction of sp³-hybridized carbons (Fsp3) is 0.889. The summed E-state index contributed by atoms with van der Waals surface area (Å²) in [6.07, 6.45) is 1.06. The number of rotatable bonds is 1. The molecule has 2 atom stereocenters. The molecule has 6 heteroatoms. The van der Waals surface area contributed by atoms with Gasteiger partial charge in [0, 0.05) is 0 Å². The van der Waals surface area contributed by atoms with Gasteiger partial charge in [0.15, 0.2) is 6.10 Å². The Morgan fingerprint density at radius 3 is 2.80 bits per heavy atom. The van der Waals surface area contributed by atoms with Crippen LogP contribution in [-0.2, 0) is 24.1 Å². The van der Waals surface area contributed by atoms with Crippen LogP contribution in [0.5, 0.6) is 0 Å². The lowest BCUT2D eigenvalue weighted by Gasteiger charge is -2.05. The zero-order chi connectivity index (χ0) is 11.1. The zero-order valence-electron chi connectivity index (χ0n) is 8.56. The second-order valence-corrected chi connectivity index (χ2v) is 6.39. The standard InChI is InChI=1S/C9H14O5S/c1-13-8(10)7-9(14-7)3-2-5-15(11,12)6-4-9/h7H,2-6H2,1H3. The predicted molar refractivity (Wildman–Crippen MR) is 52.1 cm³/mol. The van der Waals surface area contributed by atoms with Gasteiger partial charge in [0.1, 0.15) is 15.4 Å². The second kappa shape index (κ2) is 3.45. The van der Waals surface area contributed by atoms with Gasteiger partial charge in [-0.25, -0.2) is 13.2 Å². The van der Waals surface area contributed by atoms with Crippen molar-refractivity contribution >= 4 is 15.8 Å². The average molecular weight is 234 g/mol. The van der Waals surface area contributed by atoms with Crippen molar-refractivity contribution in [3.05, 3.63) is 0 Å². The van der Waals surface area contributed by atoms with Gasteiger partial charge >= 0.3 is 5.97 Å². The Labute approximate surface area is 88.7 Å². The summed E-state index contributed by atoms with van der Waals surface area (Å²) in [5, 5.41) is 0. The van der Waals surface area contributed by atoms with E-state index in [-0.39, 0.29) is 11.5 Å². The molecule has 0 aromatic heterocycles. The lowest BCUT2D eigenvalue weighted by atomic mass is 9.97. The molecule has 2 aliphatic rings. The van der Waals surface area contributed by atoms with Gasteiger partial charge in [0.05, 0.1) is 18.6 Å². The third-order valence-electron chi connectivity index (χ3n) is 3.08. The van der Waals surface area contributed by atoms with Gasteiger partial charge in [-0.2, -0.15) is 0 Å². The minimum atomic E-state index is -2.94. The number of ether oxygens (including phenoxy) is 2. The molecular weight excluding hydrogens is 220 g/mol. The highest BCUT2D eigenvalue weighted by molar-refractivity contribution is 7.91. The van der Waals surface area contributed by atoms with Gasteiger partial charge in [-0.1, -0.05) is 0 Å². The van der Waals surface area contributed by atoms with E-state index in [1.807, 2.05) is 0 Å². The molecule has 0 aromatic carbocycles. The molecular formula is C9H14O5S. The Hall–Kier alpha value is -0.620. The maximum absolute atomic E-state index is 11.4. The molecule has 0 radical (unpaired) electrons. The smallest absolute Gasteiger partial charge is 0.338 e. The summed E-state index contributed by atoms with van der Waals surface area (Å²) in [6, 6.07) is 0. The van der Waals surface area contributed by atoms with Crippen molar-refractivity contribution in [2.75, 3.05) is 18.6 Å². The van der Waals surface area contributed by atoms with Crippen LogP contribution in [0.3, 0.4) is 0 Å². The molecule has 2 fully saturated rings. The van der Waals surface area contributed by atoms with E-state index < -0.39 is 27.5 Å². The molecule has 5 nitrogen and oxygen atoms in total. The minimum absolute atomic E-state index is 0.112. The number of carbonyl (C=O) groups is 1. The molecule has 0 saturated carbocycles. The number of esters is 1. The maximum atomic E-state index is 11.4. The van der Waals surface area contributed by atoms with E-state index in [0.717, 1.165) is 0 Å². The summed E-state index contributed by atoms with van der Waals surface area (Å²) >= 11 is 0. The molecule has 0 bridgehead atoms. The molecule has 0 aromatic rings. The number of hydrogen-bond donors (Lipinski definition) is 0. The minimum Gasteiger partial charge on any atom is -0.467 e. The molecule has 15 heavy (non-hydrogen) atoms. The van der Waals surface area contributed by atoms with Crippen LogP contribution in [0.2, 0.25) is 0 Å². The van der Waals surface area contributed by atoms with Crippen LogP contribution < -0.4 is 0 Å². The summed E-state index contributed by atoms with van der Waals surface area (Å²) in [5.74, 6) is -0.0822. The van der Waals surface area contributed by atoms with Gasteiger partial charge in [-0.05, 0) is 19.3 Å². The fourth-order valence-electron chi connectivity index (χ4n) is 2.10. The van der Waals surface area contributed by atoms with Crippen LogP contribution in [0.1, 0.15) is 19.3 Å². The van der Waals surface area contributed by atoms with E-state index in [2.05, 4.69) is 4.74 Å². The Kier molecular flexibility index (Phi) is 2.50. The Morgan fingerprint density at radius 1 is 1.40 bits per heavy atom. The largest absolute Gasteiger partial charge is 0.467 e. The fourth-order valence-corrected chi connectivity index (χ4v) is 3.54. The molecule has 86 valence electrons. The molecule has 2 aliphatic heterocycles. The number of methoxy groups -OCH3 is 1. The predicted octanol–water partition coefficient (Wildman–Crippen LogP) is -0.104. The first-order valence-corrected chi connectivity index (χ1v) is 6.77. The second-order valence-electron chi connectivity index (χ2n) is 4.09. The van der Waals surface area contributed by atoms with Gasteiger partial charge < -0.3 is 9.47 Å². The van der Waals surface area contributed by atoms with E-state index in [9.17, 15) is 13.2 Å². The van der Waals surface area contributed by atoms with Crippen molar-refractivity contribution in [3.8, 4) is 0 Å². The Bertz CT molecular complexity index is 374. The molecule has 0 amide bonds. The summed E-state index contributed by atoms with van der Waals surface area (Å²) in [5.41, 5.74) is -0.545. The molecule has 0 N–H and O–H groups in total. The van der Waals surface area contributed by atoms with Crippen molar-refractivity contribution in [1.82, 2.24) is 0 Å². The number of carbonyl (C=O) groups excluding carboxylic acids is 1. The third kappa shape index (κ3) is 2.01. The monoisotopic (exact) mass is 234 g/mol. The maximum Gasteiger partial charge on any atom is 0.338 e. The van der Waals surface area contributed by atoms with Crippen LogP contribution >= 0.6 is 0 Å². The normalized spacial score (nSPS) is 38.3. The van der Waals surface area contributed by atoms with Crippen molar-refractivity contribution in [3.63, 3.8) is 0 Å². The molecule has 2 rings (SSSR count). The highest BCUT2D eigenvalue weighted by Crippen LogP contribution is 2.46. The van der Waals surface area contributed by atoms with E-state index in [1.54, 1.807) is 0 Å². The number of hydrogen-bond acceptors (Lipinski definition) is 5. The van der Waals surface area contributed by atoms with Crippen molar-refractivity contribution in [1.29, 1.82) is 0 Å². The van der Waals surface area contributed by atoms with Gasteiger partial charge in [0.25, 0.3) is 0 Å². The lowest BCUT2D eigenvalue weighted by Crippen LogP contribution is -2.22. The van der Waals surface area contributed by atoms with E-state index in [4.69, 9.17) is 4.74 Å². The molecule has 0 aliphatic carbocycles. The van der Waals surface area contributed by atoms with Crippen LogP contribution in [0, 0.1) is 0 Å². The van der Waals surface area contributed by atoms with Crippen LogP contribution in [0.15, 0.2) is 0 Å². The molecule has 2 saturated heterocycles. The molecule has 1 spiro atoms. The quantitative estimate of drug-likeness (QED) is 0.468. The van der Waals surface area contributed by atoms with Crippen LogP contribution in [0.25, 0.3) is 0 Å². The van der Waals surface area contributed by atoms with E-state index in [0.29, 0.717) is 19.3 Å². The van der Waals surface area contributed by atoms with Crippen molar-refractivity contribution in [2.45, 2.75) is 31.0 Å². The Morgan fingerprint density at radius 2 is 2.13 bits per heavy atom. The highest BCUT2D eigenvalue weighted by Gasteiger charge is 2.61. The average Bonchev–Trinajstić information content (AvgIpc) is 2.91. The summed E-state index contributed by atoms with van der Waals surface area (Å²) in [6.45, 7) is 0. The third-order valence-corrected chi connectivity index (χ3v) is 4.82. The number of epoxide rings is 1. The first-order chi connectivity index (χ1) is 6.99. The molecule has 2 unspecified atom stereocenters. The van der Waals surface area contributed by atoms with Crippen molar-refractivity contribution in [2.24, 2.45) is 0 Å². The van der Waals surface area contributed by atoms with E-state index >= 15 is 0 Å². The topological polar surface area (TPSA) is 73.0 Å². The first kappa shape index (κ1) is 10.9. The molecule has 2 heterocycles.